The van der Waals surface area contributed by atoms with Crippen LogP contribution in [0.4, 0.5) is 0 Å². The maximum Gasteiger partial charge on any atom is 0.225 e. The minimum Gasteiger partial charge on any atom is -0.497 e. The molecule has 1 amide bonds. The molecule has 118 valence electrons. The number of carbonyl (C=O) groups excluding carboxylic acids is 1. The fourth-order valence-electron chi connectivity index (χ4n) is 2.79. The number of aromatic nitrogens is 1. The quantitative estimate of drug-likeness (QED) is 0.824. The molecule has 1 heterocycles. The van der Waals surface area contributed by atoms with Crippen LogP contribution in [0, 0.1) is 5.92 Å². The molecule has 1 aliphatic rings. The van der Waals surface area contributed by atoms with Crippen LogP contribution in [0.5, 0.6) is 5.75 Å². The summed E-state index contributed by atoms with van der Waals surface area (Å²) in [6, 6.07) is 5.97. The van der Waals surface area contributed by atoms with Crippen molar-refractivity contribution in [3.63, 3.8) is 0 Å². The zero-order valence-electron chi connectivity index (χ0n) is 13.0. The lowest BCUT2D eigenvalue weighted by atomic mass is 10.1. The number of methoxy groups -OCH3 is 1. The van der Waals surface area contributed by atoms with E-state index in [0.717, 1.165) is 29.5 Å². The SMILES string of the molecule is CCO[C@@H]1C[C@@H]1C(=O)NCCc1c[nH]c2ccc(OC)cc12. The Balaban J connectivity index is 1.55. The summed E-state index contributed by atoms with van der Waals surface area (Å²) in [7, 11) is 1.66. The van der Waals surface area contributed by atoms with Crippen molar-refractivity contribution in [1.29, 1.82) is 0 Å². The summed E-state index contributed by atoms with van der Waals surface area (Å²) in [4.78, 5) is 15.2. The standard InChI is InChI=1S/C17H22N2O3/c1-3-22-16-9-14(16)17(20)18-7-6-11-10-19-15-5-4-12(21-2)8-13(11)15/h4-5,8,10,14,16,19H,3,6-7,9H2,1-2H3,(H,18,20)/t14-,16+/m0/s1. The Morgan fingerprint density at radius 3 is 3.09 bits per heavy atom. The fourth-order valence-corrected chi connectivity index (χ4v) is 2.79. The second-order valence-electron chi connectivity index (χ2n) is 5.60. The van der Waals surface area contributed by atoms with Crippen molar-refractivity contribution in [2.24, 2.45) is 5.92 Å². The lowest BCUT2D eigenvalue weighted by molar-refractivity contribution is -0.123. The van der Waals surface area contributed by atoms with Crippen molar-refractivity contribution >= 4 is 16.8 Å². The van der Waals surface area contributed by atoms with Gasteiger partial charge in [0.1, 0.15) is 5.75 Å². The van der Waals surface area contributed by atoms with Gasteiger partial charge in [-0.05, 0) is 43.5 Å². The molecular formula is C17H22N2O3. The first-order chi connectivity index (χ1) is 10.7. The first-order valence-electron chi connectivity index (χ1n) is 7.76. The highest BCUT2D eigenvalue weighted by atomic mass is 16.5. The van der Waals surface area contributed by atoms with Crippen LogP contribution in [0.3, 0.4) is 0 Å². The van der Waals surface area contributed by atoms with E-state index in [1.54, 1.807) is 7.11 Å². The zero-order chi connectivity index (χ0) is 15.5. The Morgan fingerprint density at radius 1 is 1.45 bits per heavy atom. The first-order valence-corrected chi connectivity index (χ1v) is 7.76. The van der Waals surface area contributed by atoms with E-state index >= 15 is 0 Å². The number of hydrogen-bond acceptors (Lipinski definition) is 3. The van der Waals surface area contributed by atoms with Gasteiger partial charge in [-0.25, -0.2) is 0 Å². The van der Waals surface area contributed by atoms with E-state index < -0.39 is 0 Å². The van der Waals surface area contributed by atoms with Crippen LogP contribution >= 0.6 is 0 Å². The van der Waals surface area contributed by atoms with Crippen molar-refractivity contribution in [1.82, 2.24) is 10.3 Å². The van der Waals surface area contributed by atoms with Crippen molar-refractivity contribution in [3.8, 4) is 5.75 Å². The van der Waals surface area contributed by atoms with E-state index in [4.69, 9.17) is 9.47 Å². The number of carbonyl (C=O) groups is 1. The Hall–Kier alpha value is -2.01. The van der Waals surface area contributed by atoms with Gasteiger partial charge in [0.05, 0.1) is 19.1 Å². The van der Waals surface area contributed by atoms with Gasteiger partial charge in [0, 0.05) is 30.3 Å². The van der Waals surface area contributed by atoms with Gasteiger partial charge in [-0.15, -0.1) is 0 Å². The van der Waals surface area contributed by atoms with E-state index in [2.05, 4.69) is 10.3 Å². The summed E-state index contributed by atoms with van der Waals surface area (Å²) in [5, 5.41) is 4.15. The summed E-state index contributed by atoms with van der Waals surface area (Å²) in [6.07, 6.45) is 3.77. The largest absolute Gasteiger partial charge is 0.497 e. The van der Waals surface area contributed by atoms with E-state index in [-0.39, 0.29) is 17.9 Å². The molecule has 0 unspecified atom stereocenters. The molecule has 3 rings (SSSR count). The number of nitrogens with one attached hydrogen (secondary N) is 2. The fraction of sp³-hybridized carbons (Fsp3) is 0.471. The van der Waals surface area contributed by atoms with Crippen LogP contribution in [0.15, 0.2) is 24.4 Å². The molecule has 1 fully saturated rings. The number of ether oxygens (including phenoxy) is 2. The van der Waals surface area contributed by atoms with Crippen LogP contribution < -0.4 is 10.1 Å². The number of fused-ring (bicyclic) bond motifs is 1. The van der Waals surface area contributed by atoms with Crippen LogP contribution in [0.2, 0.25) is 0 Å². The number of aromatic amines is 1. The third-order valence-electron chi connectivity index (χ3n) is 4.12. The van der Waals surface area contributed by atoms with E-state index in [1.807, 2.05) is 31.3 Å². The summed E-state index contributed by atoms with van der Waals surface area (Å²) < 4.78 is 10.7. The molecule has 1 aromatic carbocycles. The van der Waals surface area contributed by atoms with Crippen LogP contribution in [0.25, 0.3) is 10.9 Å². The molecule has 2 aromatic rings. The number of benzene rings is 1. The maximum absolute atomic E-state index is 12.0. The van der Waals surface area contributed by atoms with Gasteiger partial charge in [-0.2, -0.15) is 0 Å². The Bertz CT molecular complexity index is 665. The molecule has 5 heteroatoms. The van der Waals surface area contributed by atoms with Gasteiger partial charge >= 0.3 is 0 Å². The molecule has 1 saturated carbocycles. The van der Waals surface area contributed by atoms with Gasteiger partial charge < -0.3 is 19.8 Å². The summed E-state index contributed by atoms with van der Waals surface area (Å²) in [5.41, 5.74) is 2.27. The topological polar surface area (TPSA) is 63.3 Å². The molecule has 1 aromatic heterocycles. The summed E-state index contributed by atoms with van der Waals surface area (Å²) in [5.74, 6) is 0.994. The summed E-state index contributed by atoms with van der Waals surface area (Å²) >= 11 is 0. The van der Waals surface area contributed by atoms with Crippen LogP contribution in [-0.4, -0.2) is 37.3 Å². The Kier molecular flexibility index (Phi) is 4.34. The third-order valence-corrected chi connectivity index (χ3v) is 4.12. The molecule has 0 spiro atoms. The van der Waals surface area contributed by atoms with Gasteiger partial charge in [0.2, 0.25) is 5.91 Å². The molecule has 1 aliphatic carbocycles. The van der Waals surface area contributed by atoms with Gasteiger partial charge in [0.25, 0.3) is 0 Å². The molecule has 0 bridgehead atoms. The van der Waals surface area contributed by atoms with Gasteiger partial charge in [0.15, 0.2) is 0 Å². The normalized spacial score (nSPS) is 20.1. The Morgan fingerprint density at radius 2 is 2.32 bits per heavy atom. The Labute approximate surface area is 130 Å². The monoisotopic (exact) mass is 302 g/mol. The zero-order valence-corrected chi connectivity index (χ0v) is 13.0. The highest BCUT2D eigenvalue weighted by Crippen LogP contribution is 2.33. The number of rotatable bonds is 7. The van der Waals surface area contributed by atoms with E-state index in [9.17, 15) is 4.79 Å². The molecule has 0 saturated heterocycles. The number of hydrogen-bond donors (Lipinski definition) is 2. The third kappa shape index (κ3) is 3.09. The second kappa shape index (κ2) is 6.40. The first kappa shape index (κ1) is 14.9. The highest BCUT2D eigenvalue weighted by Gasteiger charge is 2.43. The molecule has 22 heavy (non-hydrogen) atoms. The highest BCUT2D eigenvalue weighted by molar-refractivity contribution is 5.85. The number of amides is 1. The van der Waals surface area contributed by atoms with E-state index in [1.165, 1.54) is 5.56 Å². The lowest BCUT2D eigenvalue weighted by Crippen LogP contribution is -2.28. The van der Waals surface area contributed by atoms with Crippen molar-refractivity contribution in [2.75, 3.05) is 20.3 Å². The van der Waals surface area contributed by atoms with Crippen molar-refractivity contribution in [3.05, 3.63) is 30.0 Å². The lowest BCUT2D eigenvalue weighted by Gasteiger charge is -2.05. The minimum absolute atomic E-state index is 0.0445. The average Bonchev–Trinajstić information content (AvgIpc) is 3.19. The van der Waals surface area contributed by atoms with Crippen LogP contribution in [-0.2, 0) is 16.0 Å². The van der Waals surface area contributed by atoms with Crippen molar-refractivity contribution < 1.29 is 14.3 Å². The molecule has 2 atom stereocenters. The van der Waals surface area contributed by atoms with E-state index in [0.29, 0.717) is 13.2 Å². The second-order valence-corrected chi connectivity index (χ2v) is 5.60. The van der Waals surface area contributed by atoms with Crippen LogP contribution in [0.1, 0.15) is 18.9 Å². The predicted molar refractivity (Wildman–Crippen MR) is 85.1 cm³/mol. The molecule has 0 aliphatic heterocycles. The maximum atomic E-state index is 12.0. The molecule has 0 radical (unpaired) electrons. The van der Waals surface area contributed by atoms with Gasteiger partial charge in [-0.3, -0.25) is 4.79 Å². The van der Waals surface area contributed by atoms with Crippen molar-refractivity contribution in [2.45, 2.75) is 25.9 Å². The summed E-state index contributed by atoms with van der Waals surface area (Å²) in [6.45, 7) is 3.27. The smallest absolute Gasteiger partial charge is 0.225 e. The minimum atomic E-state index is 0.0445. The average molecular weight is 302 g/mol. The number of H-pyrrole nitrogens is 1. The predicted octanol–water partition coefficient (Wildman–Crippen LogP) is 2.26. The van der Waals surface area contributed by atoms with Gasteiger partial charge in [-0.1, -0.05) is 0 Å². The molecule has 2 N–H and O–H groups in total. The molecular weight excluding hydrogens is 280 g/mol. The molecule has 5 nitrogen and oxygen atoms in total.